The van der Waals surface area contributed by atoms with Gasteiger partial charge in [-0.05, 0) is 19.1 Å². The molecule has 0 saturated carbocycles. The van der Waals surface area contributed by atoms with Crippen LogP contribution in [0.1, 0.15) is 5.82 Å². The number of nitrogens with one attached hydrogen (secondary N) is 2. The molecular formula is C17H15N7O. The van der Waals surface area contributed by atoms with Crippen LogP contribution in [0.3, 0.4) is 0 Å². The second kappa shape index (κ2) is 6.16. The highest BCUT2D eigenvalue weighted by molar-refractivity contribution is 5.92. The minimum Gasteiger partial charge on any atom is -0.481 e. The van der Waals surface area contributed by atoms with Gasteiger partial charge in [-0.3, -0.25) is 4.98 Å². The Kier molecular flexibility index (Phi) is 3.70. The van der Waals surface area contributed by atoms with Crippen molar-refractivity contribution in [3.8, 4) is 17.1 Å². The number of methoxy groups -OCH3 is 1. The van der Waals surface area contributed by atoms with Crippen molar-refractivity contribution in [1.29, 1.82) is 0 Å². The quantitative estimate of drug-likeness (QED) is 0.592. The Morgan fingerprint density at radius 2 is 2.00 bits per heavy atom. The summed E-state index contributed by atoms with van der Waals surface area (Å²) < 4.78 is 5.09. The molecule has 0 aliphatic heterocycles. The van der Waals surface area contributed by atoms with E-state index in [0.29, 0.717) is 17.4 Å². The zero-order chi connectivity index (χ0) is 17.2. The Morgan fingerprint density at radius 3 is 2.80 bits per heavy atom. The van der Waals surface area contributed by atoms with Gasteiger partial charge in [-0.1, -0.05) is 0 Å². The lowest BCUT2D eigenvalue weighted by molar-refractivity contribution is 0.398. The van der Waals surface area contributed by atoms with Crippen molar-refractivity contribution in [2.75, 3.05) is 12.4 Å². The first-order valence-electron chi connectivity index (χ1n) is 7.64. The maximum Gasteiger partial charge on any atom is 0.213 e. The van der Waals surface area contributed by atoms with Crippen LogP contribution >= 0.6 is 0 Å². The summed E-state index contributed by atoms with van der Waals surface area (Å²) in [4.78, 5) is 24.7. The average molecular weight is 333 g/mol. The molecule has 4 rings (SSSR count). The topological polar surface area (TPSA) is 101 Å². The number of hydrogen-bond donors (Lipinski definition) is 2. The van der Waals surface area contributed by atoms with Gasteiger partial charge in [0, 0.05) is 24.0 Å². The lowest BCUT2D eigenvalue weighted by atomic mass is 10.1. The van der Waals surface area contributed by atoms with Gasteiger partial charge in [-0.2, -0.15) is 0 Å². The molecule has 0 unspecified atom stereocenters. The van der Waals surface area contributed by atoms with Gasteiger partial charge >= 0.3 is 0 Å². The Hall–Kier alpha value is -3.55. The second-order valence-corrected chi connectivity index (χ2v) is 5.36. The third-order valence-electron chi connectivity index (χ3n) is 3.70. The first-order chi connectivity index (χ1) is 12.2. The molecule has 0 aliphatic carbocycles. The molecule has 0 bridgehead atoms. The van der Waals surface area contributed by atoms with Gasteiger partial charge in [0.25, 0.3) is 0 Å². The summed E-state index contributed by atoms with van der Waals surface area (Å²) in [6, 6.07) is 5.58. The standard InChI is InChI=1S/C17H15N7O/c1-10-22-15(16-17(23-10)21-9-20-16)12-8-18-6-5-13(12)24-11-3-4-14(25-2)19-7-11/h3-9H,1-2H3,(H,18,24)(H,20,21,22,23). The number of nitrogens with zero attached hydrogens (tertiary/aromatic N) is 5. The predicted octanol–water partition coefficient (Wildman–Crippen LogP) is 2.87. The molecule has 25 heavy (non-hydrogen) atoms. The molecule has 4 aromatic heterocycles. The lowest BCUT2D eigenvalue weighted by Crippen LogP contribution is -1.99. The van der Waals surface area contributed by atoms with E-state index in [2.05, 4.69) is 35.2 Å². The number of aromatic nitrogens is 6. The molecule has 4 aromatic rings. The molecule has 0 fully saturated rings. The predicted molar refractivity (Wildman–Crippen MR) is 93.7 cm³/mol. The number of rotatable bonds is 4. The molecule has 4 heterocycles. The van der Waals surface area contributed by atoms with Crippen LogP contribution in [0.2, 0.25) is 0 Å². The fraction of sp³-hybridized carbons (Fsp3) is 0.118. The van der Waals surface area contributed by atoms with E-state index >= 15 is 0 Å². The van der Waals surface area contributed by atoms with Gasteiger partial charge in [-0.15, -0.1) is 0 Å². The minimum atomic E-state index is 0.561. The number of imidazole rings is 1. The fourth-order valence-electron chi connectivity index (χ4n) is 2.56. The van der Waals surface area contributed by atoms with E-state index in [1.807, 2.05) is 19.1 Å². The molecule has 0 amide bonds. The highest BCUT2D eigenvalue weighted by Crippen LogP contribution is 2.31. The number of hydrogen-bond acceptors (Lipinski definition) is 7. The SMILES string of the molecule is COc1ccc(Nc2ccncc2-c2nc(C)nc3nc[nH]c23)cn1. The highest BCUT2D eigenvalue weighted by atomic mass is 16.5. The maximum absolute atomic E-state index is 5.09. The smallest absolute Gasteiger partial charge is 0.213 e. The molecule has 0 aliphatic rings. The summed E-state index contributed by atoms with van der Waals surface area (Å²) in [6.45, 7) is 1.84. The Morgan fingerprint density at radius 1 is 1.08 bits per heavy atom. The second-order valence-electron chi connectivity index (χ2n) is 5.36. The van der Waals surface area contributed by atoms with E-state index in [-0.39, 0.29) is 0 Å². The normalized spacial score (nSPS) is 10.8. The number of aromatic amines is 1. The largest absolute Gasteiger partial charge is 0.481 e. The first-order valence-corrected chi connectivity index (χ1v) is 7.64. The monoisotopic (exact) mass is 333 g/mol. The van der Waals surface area contributed by atoms with E-state index in [1.165, 1.54) is 0 Å². The van der Waals surface area contributed by atoms with E-state index in [4.69, 9.17) is 4.74 Å². The maximum atomic E-state index is 5.09. The van der Waals surface area contributed by atoms with Crippen LogP contribution in [0, 0.1) is 6.92 Å². The van der Waals surface area contributed by atoms with Crippen LogP contribution in [0.25, 0.3) is 22.4 Å². The van der Waals surface area contributed by atoms with Gasteiger partial charge in [-0.25, -0.2) is 19.9 Å². The zero-order valence-corrected chi connectivity index (χ0v) is 13.7. The lowest BCUT2D eigenvalue weighted by Gasteiger charge is -2.12. The molecule has 124 valence electrons. The van der Waals surface area contributed by atoms with Crippen LogP contribution in [0.15, 0.2) is 43.1 Å². The van der Waals surface area contributed by atoms with Gasteiger partial charge in [0.15, 0.2) is 5.65 Å². The molecule has 8 heteroatoms. The van der Waals surface area contributed by atoms with Crippen LogP contribution < -0.4 is 10.1 Å². The van der Waals surface area contributed by atoms with Crippen molar-refractivity contribution < 1.29 is 4.74 Å². The van der Waals surface area contributed by atoms with Crippen LogP contribution in [0.4, 0.5) is 11.4 Å². The summed E-state index contributed by atoms with van der Waals surface area (Å²) in [5.74, 6) is 1.21. The number of fused-ring (bicyclic) bond motifs is 1. The molecule has 0 saturated heterocycles. The van der Waals surface area contributed by atoms with Crippen LogP contribution in [0.5, 0.6) is 5.88 Å². The van der Waals surface area contributed by atoms with Crippen molar-refractivity contribution >= 4 is 22.5 Å². The zero-order valence-electron chi connectivity index (χ0n) is 13.7. The number of pyridine rings is 2. The number of aryl methyl sites for hydroxylation is 1. The third-order valence-corrected chi connectivity index (χ3v) is 3.70. The van der Waals surface area contributed by atoms with Crippen LogP contribution in [-0.4, -0.2) is 37.0 Å². The van der Waals surface area contributed by atoms with E-state index < -0.39 is 0 Å². The van der Waals surface area contributed by atoms with Crippen LogP contribution in [-0.2, 0) is 0 Å². The number of H-pyrrole nitrogens is 1. The van der Waals surface area contributed by atoms with Gasteiger partial charge in [0.1, 0.15) is 17.0 Å². The van der Waals surface area contributed by atoms with Crippen molar-refractivity contribution in [2.45, 2.75) is 6.92 Å². The van der Waals surface area contributed by atoms with Crippen molar-refractivity contribution in [2.24, 2.45) is 0 Å². The minimum absolute atomic E-state index is 0.561. The summed E-state index contributed by atoms with van der Waals surface area (Å²) in [6.07, 6.45) is 6.81. The summed E-state index contributed by atoms with van der Waals surface area (Å²) >= 11 is 0. The Bertz CT molecular complexity index is 1030. The summed E-state index contributed by atoms with van der Waals surface area (Å²) in [7, 11) is 1.59. The van der Waals surface area contributed by atoms with Gasteiger partial charge in [0.2, 0.25) is 5.88 Å². The van der Waals surface area contributed by atoms with E-state index in [9.17, 15) is 0 Å². The summed E-state index contributed by atoms with van der Waals surface area (Å²) in [5, 5.41) is 3.35. The molecular weight excluding hydrogens is 318 g/mol. The summed E-state index contributed by atoms with van der Waals surface area (Å²) in [5.41, 5.74) is 4.68. The molecule has 0 aromatic carbocycles. The Balaban J connectivity index is 1.79. The highest BCUT2D eigenvalue weighted by Gasteiger charge is 2.14. The van der Waals surface area contributed by atoms with Crippen molar-refractivity contribution in [3.63, 3.8) is 0 Å². The molecule has 8 nitrogen and oxygen atoms in total. The van der Waals surface area contributed by atoms with Gasteiger partial charge < -0.3 is 15.0 Å². The molecule has 0 spiro atoms. The van der Waals surface area contributed by atoms with Crippen molar-refractivity contribution in [3.05, 3.63) is 48.9 Å². The first kappa shape index (κ1) is 15.0. The van der Waals surface area contributed by atoms with Crippen molar-refractivity contribution in [1.82, 2.24) is 29.9 Å². The number of ether oxygens (including phenoxy) is 1. The third kappa shape index (κ3) is 2.85. The van der Waals surface area contributed by atoms with Gasteiger partial charge in [0.05, 0.1) is 31.0 Å². The fourth-order valence-corrected chi connectivity index (χ4v) is 2.56. The molecule has 0 radical (unpaired) electrons. The average Bonchev–Trinajstić information content (AvgIpc) is 3.10. The Labute approximate surface area is 143 Å². The number of anilines is 2. The molecule has 0 atom stereocenters. The van der Waals surface area contributed by atoms with E-state index in [0.717, 1.165) is 28.1 Å². The molecule has 2 N–H and O–H groups in total. The van der Waals surface area contributed by atoms with E-state index in [1.54, 1.807) is 38.1 Å².